The second-order valence-electron chi connectivity index (χ2n) is 7.09. The number of hydrogen-bond acceptors (Lipinski definition) is 5. The van der Waals surface area contributed by atoms with Crippen molar-refractivity contribution in [3.63, 3.8) is 0 Å². The summed E-state index contributed by atoms with van der Waals surface area (Å²) in [5, 5.41) is 2.88. The van der Waals surface area contributed by atoms with Crippen LogP contribution in [0.4, 0.5) is 5.69 Å². The van der Waals surface area contributed by atoms with E-state index in [9.17, 15) is 9.59 Å². The van der Waals surface area contributed by atoms with Crippen LogP contribution in [0.5, 0.6) is 5.75 Å². The van der Waals surface area contributed by atoms with Gasteiger partial charge in [0.05, 0.1) is 24.2 Å². The van der Waals surface area contributed by atoms with Gasteiger partial charge in [-0.05, 0) is 43.3 Å². The van der Waals surface area contributed by atoms with Crippen molar-refractivity contribution in [1.82, 2.24) is 14.5 Å². The standard InChI is InChI=1S/C22H24N4O4/c1-16-23-19-4-2-3-5-20(19)26(16)14-21(27)24-17-6-8-18(9-7-17)30-15-22(28)25-10-12-29-13-11-25/h2-9H,10-15H2,1H3,(H,24,27). The van der Waals surface area contributed by atoms with Crippen molar-refractivity contribution in [2.75, 3.05) is 38.2 Å². The number of carbonyl (C=O) groups is 2. The number of fused-ring (bicyclic) bond motifs is 1. The molecule has 0 spiro atoms. The molecule has 0 bridgehead atoms. The van der Waals surface area contributed by atoms with Crippen LogP contribution in [0.3, 0.4) is 0 Å². The van der Waals surface area contributed by atoms with Gasteiger partial charge in [0.2, 0.25) is 5.91 Å². The number of amides is 2. The Kier molecular flexibility index (Phi) is 5.94. The molecule has 2 heterocycles. The van der Waals surface area contributed by atoms with Gasteiger partial charge >= 0.3 is 0 Å². The minimum atomic E-state index is -0.141. The van der Waals surface area contributed by atoms with Gasteiger partial charge in [-0.25, -0.2) is 4.98 Å². The molecule has 0 aliphatic carbocycles. The van der Waals surface area contributed by atoms with Crippen molar-refractivity contribution in [2.45, 2.75) is 13.5 Å². The number of nitrogens with zero attached hydrogens (tertiary/aromatic N) is 3. The fourth-order valence-electron chi connectivity index (χ4n) is 3.42. The van der Waals surface area contributed by atoms with E-state index in [1.165, 1.54) is 0 Å². The van der Waals surface area contributed by atoms with E-state index in [1.807, 2.05) is 35.8 Å². The number of para-hydroxylation sites is 2. The number of aromatic nitrogens is 2. The lowest BCUT2D eigenvalue weighted by Crippen LogP contribution is -2.42. The Bertz CT molecular complexity index is 1040. The van der Waals surface area contributed by atoms with Gasteiger partial charge in [-0.15, -0.1) is 0 Å². The smallest absolute Gasteiger partial charge is 0.260 e. The minimum Gasteiger partial charge on any atom is -0.484 e. The van der Waals surface area contributed by atoms with Gasteiger partial charge in [-0.3, -0.25) is 9.59 Å². The molecule has 2 aromatic carbocycles. The maximum atomic E-state index is 12.5. The third-order valence-electron chi connectivity index (χ3n) is 5.01. The van der Waals surface area contributed by atoms with E-state index in [2.05, 4.69) is 10.3 Å². The summed E-state index contributed by atoms with van der Waals surface area (Å²) in [6.07, 6.45) is 0. The van der Waals surface area contributed by atoms with Crippen molar-refractivity contribution in [2.24, 2.45) is 0 Å². The van der Waals surface area contributed by atoms with Gasteiger partial charge in [-0.2, -0.15) is 0 Å². The van der Waals surface area contributed by atoms with Crippen LogP contribution in [-0.2, 0) is 20.9 Å². The van der Waals surface area contributed by atoms with Gasteiger partial charge in [0.1, 0.15) is 18.1 Å². The molecule has 0 radical (unpaired) electrons. The van der Waals surface area contributed by atoms with Gasteiger partial charge in [0.15, 0.2) is 6.61 Å². The van der Waals surface area contributed by atoms with Gasteiger partial charge in [0, 0.05) is 18.8 Å². The fraction of sp³-hybridized carbons (Fsp3) is 0.318. The highest BCUT2D eigenvalue weighted by Gasteiger charge is 2.17. The summed E-state index contributed by atoms with van der Waals surface area (Å²) in [6.45, 7) is 4.37. The lowest BCUT2D eigenvalue weighted by atomic mass is 10.3. The molecule has 30 heavy (non-hydrogen) atoms. The van der Waals surface area contributed by atoms with Crippen LogP contribution < -0.4 is 10.1 Å². The molecule has 4 rings (SSSR count). The molecule has 1 aliphatic heterocycles. The van der Waals surface area contributed by atoms with Crippen molar-refractivity contribution in [3.05, 3.63) is 54.4 Å². The molecule has 1 aromatic heterocycles. The molecular formula is C22H24N4O4. The number of aryl methyl sites for hydroxylation is 1. The molecule has 8 heteroatoms. The molecule has 3 aromatic rings. The Balaban J connectivity index is 1.31. The molecular weight excluding hydrogens is 384 g/mol. The normalized spacial score (nSPS) is 14.0. The van der Waals surface area contributed by atoms with E-state index in [-0.39, 0.29) is 25.0 Å². The van der Waals surface area contributed by atoms with Gasteiger partial charge in [-0.1, -0.05) is 12.1 Å². The van der Waals surface area contributed by atoms with E-state index in [0.717, 1.165) is 16.9 Å². The summed E-state index contributed by atoms with van der Waals surface area (Å²) in [5.41, 5.74) is 2.46. The summed E-state index contributed by atoms with van der Waals surface area (Å²) in [6, 6.07) is 14.7. The number of hydrogen-bond donors (Lipinski definition) is 1. The molecule has 0 unspecified atom stereocenters. The first-order valence-corrected chi connectivity index (χ1v) is 9.90. The second-order valence-corrected chi connectivity index (χ2v) is 7.09. The zero-order valence-corrected chi connectivity index (χ0v) is 16.8. The lowest BCUT2D eigenvalue weighted by Gasteiger charge is -2.26. The first-order valence-electron chi connectivity index (χ1n) is 9.90. The van der Waals surface area contributed by atoms with Crippen LogP contribution in [0.25, 0.3) is 11.0 Å². The lowest BCUT2D eigenvalue weighted by molar-refractivity contribution is -0.137. The average Bonchev–Trinajstić information content (AvgIpc) is 3.08. The number of ether oxygens (including phenoxy) is 2. The quantitative estimate of drug-likeness (QED) is 0.676. The maximum absolute atomic E-state index is 12.5. The Hall–Kier alpha value is -3.39. The monoisotopic (exact) mass is 408 g/mol. The predicted molar refractivity (Wildman–Crippen MR) is 112 cm³/mol. The zero-order chi connectivity index (χ0) is 20.9. The van der Waals surface area contributed by atoms with E-state index in [4.69, 9.17) is 9.47 Å². The van der Waals surface area contributed by atoms with Crippen molar-refractivity contribution in [3.8, 4) is 5.75 Å². The number of imidazole rings is 1. The van der Waals surface area contributed by atoms with Crippen molar-refractivity contribution >= 4 is 28.5 Å². The first-order chi connectivity index (χ1) is 14.6. The number of anilines is 1. The molecule has 8 nitrogen and oxygen atoms in total. The number of carbonyl (C=O) groups excluding carboxylic acids is 2. The van der Waals surface area contributed by atoms with Crippen molar-refractivity contribution < 1.29 is 19.1 Å². The fourth-order valence-corrected chi connectivity index (χ4v) is 3.42. The van der Waals surface area contributed by atoms with E-state index >= 15 is 0 Å². The van der Waals surface area contributed by atoms with E-state index < -0.39 is 0 Å². The Morgan fingerprint density at radius 3 is 2.60 bits per heavy atom. The molecule has 0 saturated carbocycles. The number of rotatable bonds is 6. The van der Waals surface area contributed by atoms with E-state index in [0.29, 0.717) is 37.7 Å². The maximum Gasteiger partial charge on any atom is 0.260 e. The van der Waals surface area contributed by atoms with Crippen LogP contribution in [0.15, 0.2) is 48.5 Å². The summed E-state index contributed by atoms with van der Waals surface area (Å²) < 4.78 is 12.7. The highest BCUT2D eigenvalue weighted by Crippen LogP contribution is 2.18. The SMILES string of the molecule is Cc1nc2ccccc2n1CC(=O)Nc1ccc(OCC(=O)N2CCOCC2)cc1. The largest absolute Gasteiger partial charge is 0.484 e. The van der Waals surface area contributed by atoms with Gasteiger partial charge in [0.25, 0.3) is 5.91 Å². The second kappa shape index (κ2) is 8.96. The number of morpholine rings is 1. The molecule has 1 N–H and O–H groups in total. The van der Waals surface area contributed by atoms with Crippen LogP contribution in [-0.4, -0.2) is 59.2 Å². The Morgan fingerprint density at radius 2 is 1.83 bits per heavy atom. The third-order valence-corrected chi connectivity index (χ3v) is 5.01. The summed E-state index contributed by atoms with van der Waals surface area (Å²) in [4.78, 5) is 30.9. The molecule has 2 amide bonds. The first kappa shape index (κ1) is 19.9. The number of nitrogens with one attached hydrogen (secondary N) is 1. The number of benzene rings is 2. The zero-order valence-electron chi connectivity index (χ0n) is 16.8. The minimum absolute atomic E-state index is 0.0152. The molecule has 1 aliphatic rings. The third kappa shape index (κ3) is 4.60. The molecule has 1 saturated heterocycles. The highest BCUT2D eigenvalue weighted by molar-refractivity contribution is 5.91. The Labute approximate surface area is 174 Å². The van der Waals surface area contributed by atoms with Crippen molar-refractivity contribution in [1.29, 1.82) is 0 Å². The topological polar surface area (TPSA) is 85.7 Å². The van der Waals surface area contributed by atoms with Crippen LogP contribution >= 0.6 is 0 Å². The van der Waals surface area contributed by atoms with Crippen LogP contribution in [0.2, 0.25) is 0 Å². The van der Waals surface area contributed by atoms with Crippen LogP contribution in [0, 0.1) is 6.92 Å². The summed E-state index contributed by atoms with van der Waals surface area (Å²) >= 11 is 0. The Morgan fingerprint density at radius 1 is 1.10 bits per heavy atom. The van der Waals surface area contributed by atoms with Gasteiger partial charge < -0.3 is 24.3 Å². The van der Waals surface area contributed by atoms with Crippen LogP contribution in [0.1, 0.15) is 5.82 Å². The summed E-state index contributed by atoms with van der Waals surface area (Å²) in [7, 11) is 0. The predicted octanol–water partition coefficient (Wildman–Crippen LogP) is 2.22. The van der Waals surface area contributed by atoms with E-state index in [1.54, 1.807) is 29.2 Å². The molecule has 1 fully saturated rings. The molecule has 0 atom stereocenters. The molecule has 156 valence electrons. The highest BCUT2D eigenvalue weighted by atomic mass is 16.5. The summed E-state index contributed by atoms with van der Waals surface area (Å²) in [5.74, 6) is 1.17. The average molecular weight is 408 g/mol.